The highest BCUT2D eigenvalue weighted by Crippen LogP contribution is 2.40. The van der Waals surface area contributed by atoms with Gasteiger partial charge in [-0.1, -0.05) is 31.9 Å². The van der Waals surface area contributed by atoms with Crippen molar-refractivity contribution in [3.05, 3.63) is 60.2 Å². The molecule has 1 aliphatic carbocycles. The van der Waals surface area contributed by atoms with E-state index in [0.717, 1.165) is 61.6 Å². The number of thiocarbonyl (C=S) groups is 1. The van der Waals surface area contributed by atoms with Crippen LogP contribution in [-0.4, -0.2) is 44.7 Å². The molecule has 2 N–H and O–H groups in total. The van der Waals surface area contributed by atoms with E-state index < -0.39 is 0 Å². The zero-order valence-electron chi connectivity index (χ0n) is 21.0. The van der Waals surface area contributed by atoms with Crippen molar-refractivity contribution in [1.82, 2.24) is 25.3 Å². The molecule has 1 saturated carbocycles. The van der Waals surface area contributed by atoms with Gasteiger partial charge in [0, 0.05) is 43.5 Å². The van der Waals surface area contributed by atoms with Crippen molar-refractivity contribution in [3.63, 3.8) is 0 Å². The highest BCUT2D eigenvalue weighted by molar-refractivity contribution is 7.99. The lowest BCUT2D eigenvalue weighted by Crippen LogP contribution is -2.41. The number of benzene rings is 1. The fourth-order valence-electron chi connectivity index (χ4n) is 5.33. The lowest BCUT2D eigenvalue weighted by atomic mass is 9.79. The molecule has 1 aromatic carbocycles. The van der Waals surface area contributed by atoms with E-state index in [1.807, 2.05) is 18.2 Å². The topological polar surface area (TPSA) is 78.9 Å². The molecule has 2 fully saturated rings. The molecule has 1 aliphatic heterocycles. The number of rotatable bonds is 7. The summed E-state index contributed by atoms with van der Waals surface area (Å²) in [5.41, 5.74) is 1.10. The number of halogens is 1. The average molecular weight is 538 g/mol. The second-order valence-electron chi connectivity index (χ2n) is 10.0. The number of piperidine rings is 1. The number of aromatic nitrogens is 4. The highest BCUT2D eigenvalue weighted by Gasteiger charge is 2.35. The fourth-order valence-corrected chi connectivity index (χ4v) is 6.20. The molecule has 7 nitrogen and oxygen atoms in total. The van der Waals surface area contributed by atoms with Gasteiger partial charge in [0.25, 0.3) is 0 Å². The largest absolute Gasteiger partial charge is 0.361 e. The van der Waals surface area contributed by atoms with Crippen LogP contribution in [0.15, 0.2) is 59.0 Å². The van der Waals surface area contributed by atoms with Gasteiger partial charge in [0.2, 0.25) is 5.95 Å². The molecule has 3 aromatic rings. The molecule has 0 radical (unpaired) electrons. The van der Waals surface area contributed by atoms with Crippen LogP contribution in [-0.2, 0) is 5.41 Å². The Morgan fingerprint density at radius 2 is 1.89 bits per heavy atom. The second kappa shape index (κ2) is 11.7. The molecule has 1 atom stereocenters. The van der Waals surface area contributed by atoms with Crippen molar-refractivity contribution >= 4 is 40.9 Å². The maximum atomic E-state index is 13.5. The molecular formula is C27H32FN7S2. The summed E-state index contributed by atoms with van der Waals surface area (Å²) in [6.07, 6.45) is 10.2. The van der Waals surface area contributed by atoms with E-state index >= 15 is 0 Å². The minimum Gasteiger partial charge on any atom is -0.361 e. The Morgan fingerprint density at radius 1 is 1.14 bits per heavy atom. The van der Waals surface area contributed by atoms with E-state index in [9.17, 15) is 4.39 Å². The van der Waals surface area contributed by atoms with Gasteiger partial charge in [0.05, 0.1) is 0 Å². The van der Waals surface area contributed by atoms with Crippen LogP contribution in [0.4, 0.5) is 16.2 Å². The molecule has 0 spiro atoms. The lowest BCUT2D eigenvalue weighted by Gasteiger charge is -2.32. The summed E-state index contributed by atoms with van der Waals surface area (Å²) in [5, 5.41) is 8.49. The molecular weight excluding hydrogens is 505 g/mol. The van der Waals surface area contributed by atoms with Crippen LogP contribution < -0.4 is 15.5 Å². The van der Waals surface area contributed by atoms with Gasteiger partial charge in [-0.3, -0.25) is 0 Å². The van der Waals surface area contributed by atoms with Crippen molar-refractivity contribution in [3.8, 4) is 0 Å². The van der Waals surface area contributed by atoms with E-state index in [0.29, 0.717) is 28.7 Å². The normalized spacial score (nSPS) is 19.0. The predicted octanol–water partition coefficient (Wildman–Crippen LogP) is 5.59. The Balaban J connectivity index is 1.32. The van der Waals surface area contributed by atoms with Gasteiger partial charge >= 0.3 is 0 Å². The quantitative estimate of drug-likeness (QED) is 0.228. The molecule has 2 aromatic heterocycles. The van der Waals surface area contributed by atoms with E-state index in [1.54, 1.807) is 30.6 Å². The first-order valence-corrected chi connectivity index (χ1v) is 14.1. The number of hydrogen-bond acceptors (Lipinski definition) is 7. The summed E-state index contributed by atoms with van der Waals surface area (Å²) in [6, 6.07) is 10.7. The molecule has 0 bridgehead atoms. The van der Waals surface area contributed by atoms with Gasteiger partial charge in [-0.25, -0.2) is 19.3 Å². The van der Waals surface area contributed by atoms with Crippen molar-refractivity contribution < 1.29 is 4.39 Å². The predicted molar refractivity (Wildman–Crippen MR) is 150 cm³/mol. The summed E-state index contributed by atoms with van der Waals surface area (Å²) in [4.78, 5) is 20.5. The molecule has 0 amide bonds. The zero-order chi connectivity index (χ0) is 25.7. The monoisotopic (exact) mass is 537 g/mol. The summed E-state index contributed by atoms with van der Waals surface area (Å²) in [5.74, 6) is 1.74. The SMILES string of the molecule is CC1CCCN(c2cc(Sc3ncccn3)nc(NC(=S)NCC3(c4ccc(F)cc4)CCCC3)n2)C1. The van der Waals surface area contributed by atoms with Crippen LogP contribution in [0.2, 0.25) is 0 Å². The van der Waals surface area contributed by atoms with E-state index in [2.05, 4.69) is 32.4 Å². The van der Waals surface area contributed by atoms with E-state index in [-0.39, 0.29) is 11.2 Å². The van der Waals surface area contributed by atoms with Crippen molar-refractivity contribution in [2.75, 3.05) is 29.9 Å². The van der Waals surface area contributed by atoms with Crippen LogP contribution in [0.3, 0.4) is 0 Å². The Labute approximate surface area is 227 Å². The summed E-state index contributed by atoms with van der Waals surface area (Å²) < 4.78 is 13.5. The minimum absolute atomic E-state index is 0.0578. The van der Waals surface area contributed by atoms with Gasteiger partial charge in [0.15, 0.2) is 10.3 Å². The molecule has 2 aliphatic rings. The molecule has 194 valence electrons. The Bertz CT molecular complexity index is 1200. The van der Waals surface area contributed by atoms with E-state index in [1.165, 1.54) is 18.2 Å². The average Bonchev–Trinajstić information content (AvgIpc) is 3.39. The minimum atomic E-state index is -0.211. The first-order chi connectivity index (χ1) is 18.0. The molecule has 3 heterocycles. The Morgan fingerprint density at radius 3 is 2.62 bits per heavy atom. The summed E-state index contributed by atoms with van der Waals surface area (Å²) >= 11 is 7.08. The molecule has 1 unspecified atom stereocenters. The summed E-state index contributed by atoms with van der Waals surface area (Å²) in [7, 11) is 0. The van der Waals surface area contributed by atoms with Crippen molar-refractivity contribution in [2.45, 2.75) is 61.0 Å². The maximum absolute atomic E-state index is 13.5. The number of nitrogens with one attached hydrogen (secondary N) is 2. The van der Waals surface area contributed by atoms with Crippen LogP contribution >= 0.6 is 24.0 Å². The molecule has 10 heteroatoms. The number of anilines is 2. The molecule has 5 rings (SSSR count). The standard InChI is InChI=1S/C27H32FN7S2/c1-19-6-4-15-35(17-19)22-16-23(37-26-29-13-5-14-30-26)33-24(32-22)34-25(36)31-18-27(11-2-3-12-27)20-7-9-21(28)10-8-20/h5,7-10,13-14,16,19H,2-4,6,11-12,15,17-18H2,1H3,(H2,31,32,33,34,36). The highest BCUT2D eigenvalue weighted by atomic mass is 32.2. The third-order valence-electron chi connectivity index (χ3n) is 7.24. The molecule has 37 heavy (non-hydrogen) atoms. The Kier molecular flexibility index (Phi) is 8.14. The van der Waals surface area contributed by atoms with Crippen LogP contribution in [0.1, 0.15) is 51.0 Å². The third-order valence-corrected chi connectivity index (χ3v) is 8.30. The van der Waals surface area contributed by atoms with Crippen LogP contribution in [0.25, 0.3) is 0 Å². The number of nitrogens with zero attached hydrogens (tertiary/aromatic N) is 5. The van der Waals surface area contributed by atoms with Gasteiger partial charge < -0.3 is 15.5 Å². The van der Waals surface area contributed by atoms with Crippen LogP contribution in [0, 0.1) is 11.7 Å². The van der Waals surface area contributed by atoms with Crippen molar-refractivity contribution in [1.29, 1.82) is 0 Å². The fraction of sp³-hybridized carbons (Fsp3) is 0.444. The Hall–Kier alpha value is -2.85. The zero-order valence-corrected chi connectivity index (χ0v) is 22.6. The van der Waals surface area contributed by atoms with Gasteiger partial charge in [0.1, 0.15) is 16.7 Å². The maximum Gasteiger partial charge on any atom is 0.232 e. The van der Waals surface area contributed by atoms with Gasteiger partial charge in [-0.15, -0.1) is 0 Å². The van der Waals surface area contributed by atoms with Crippen molar-refractivity contribution in [2.24, 2.45) is 5.92 Å². The molecule has 1 saturated heterocycles. The lowest BCUT2D eigenvalue weighted by molar-refractivity contribution is 0.434. The van der Waals surface area contributed by atoms with Gasteiger partial charge in [-0.05, 0) is 79.3 Å². The first-order valence-electron chi connectivity index (χ1n) is 12.9. The second-order valence-corrected chi connectivity index (χ2v) is 11.4. The van der Waals surface area contributed by atoms with E-state index in [4.69, 9.17) is 22.2 Å². The smallest absolute Gasteiger partial charge is 0.232 e. The van der Waals surface area contributed by atoms with Gasteiger partial charge in [-0.2, -0.15) is 4.98 Å². The third kappa shape index (κ3) is 6.54. The number of hydrogen-bond donors (Lipinski definition) is 2. The van der Waals surface area contributed by atoms with Crippen LogP contribution in [0.5, 0.6) is 0 Å². The first kappa shape index (κ1) is 25.8. The summed E-state index contributed by atoms with van der Waals surface area (Å²) in [6.45, 7) is 4.88.